The van der Waals surface area contributed by atoms with E-state index in [4.69, 9.17) is 5.26 Å². The first kappa shape index (κ1) is 3.81. The average Bonchev–Trinajstić information content (AvgIpc) is 2.14. The molecule has 0 unspecified atom stereocenters. The lowest BCUT2D eigenvalue weighted by atomic mass is 10.7. The summed E-state index contributed by atoms with van der Waals surface area (Å²) in [5, 5.41) is 11.3. The maximum atomic E-state index is 8.02. The molecule has 0 aromatic carbocycles. The molecule has 0 aliphatic carbocycles. The molecule has 4 heteroatoms. The van der Waals surface area contributed by atoms with E-state index in [0.717, 1.165) is 0 Å². The van der Waals surface area contributed by atoms with Crippen molar-refractivity contribution in [3.63, 3.8) is 0 Å². The van der Waals surface area contributed by atoms with Gasteiger partial charge in [-0.15, -0.1) is 5.43 Å². The van der Waals surface area contributed by atoms with E-state index in [1.165, 1.54) is 0 Å². The molecular formula is C3HN4+. The smallest absolute Gasteiger partial charge is 0.186 e. The van der Waals surface area contributed by atoms with Gasteiger partial charge in [-0.05, 0) is 4.99 Å². The first-order chi connectivity index (χ1) is 3.43. The van der Waals surface area contributed by atoms with E-state index in [0.29, 0.717) is 0 Å². The summed E-state index contributed by atoms with van der Waals surface area (Å²) < 4.78 is 0. The van der Waals surface area contributed by atoms with Crippen LogP contribution in [0, 0.1) is 11.3 Å². The topological polar surface area (TPSA) is 62.3 Å². The molecule has 1 heterocycles. The molecule has 2 radical (unpaired) electrons. The third-order valence-electron chi connectivity index (χ3n) is 0.480. The molecule has 1 N–H and O–H groups in total. The van der Waals surface area contributed by atoms with Crippen LogP contribution in [0.25, 0.3) is 0 Å². The van der Waals surface area contributed by atoms with Crippen LogP contribution in [-0.2, 0) is 0 Å². The standard InChI is InChI=1S/C3HN4/c4-1-3-5-2-6-7-3/h(H,6,7)/q+1. The second kappa shape index (κ2) is 1.39. The van der Waals surface area contributed by atoms with Crippen LogP contribution in [0.3, 0.4) is 0 Å². The van der Waals surface area contributed by atoms with Crippen molar-refractivity contribution in [3.8, 4) is 6.07 Å². The molecule has 0 atom stereocenters. The number of hydrogen-bond donors (Lipinski definition) is 1. The van der Waals surface area contributed by atoms with Gasteiger partial charge in [-0.3, -0.25) is 0 Å². The van der Waals surface area contributed by atoms with Gasteiger partial charge < -0.3 is 0 Å². The third-order valence-corrected chi connectivity index (χ3v) is 0.480. The monoisotopic (exact) mass is 93.0 g/mol. The van der Waals surface area contributed by atoms with Gasteiger partial charge in [0.1, 0.15) is 0 Å². The summed E-state index contributed by atoms with van der Waals surface area (Å²) in [4.78, 5) is 3.38. The lowest BCUT2D eigenvalue weighted by molar-refractivity contribution is 1.07. The summed E-state index contributed by atoms with van der Waals surface area (Å²) in [7, 11) is 0. The van der Waals surface area contributed by atoms with Crippen LogP contribution in [0.4, 0.5) is 0 Å². The highest BCUT2D eigenvalue weighted by Crippen LogP contribution is 1.65. The highest BCUT2D eigenvalue weighted by atomic mass is 15.4. The average molecular weight is 93.1 g/mol. The zero-order valence-corrected chi connectivity index (χ0v) is 3.34. The van der Waals surface area contributed by atoms with E-state index in [9.17, 15) is 0 Å². The van der Waals surface area contributed by atoms with Crippen molar-refractivity contribution in [2.24, 2.45) is 5.10 Å². The number of nitrogens with zero attached hydrogens (tertiary/aromatic N) is 3. The molecule has 0 saturated carbocycles. The zero-order chi connectivity index (χ0) is 5.11. The molecule has 0 amide bonds. The van der Waals surface area contributed by atoms with Gasteiger partial charge in [0, 0.05) is 0 Å². The number of hydrazone groups is 1. The Labute approximate surface area is 40.2 Å². The quantitative estimate of drug-likeness (QED) is 0.403. The maximum Gasteiger partial charge on any atom is 0.419 e. The minimum absolute atomic E-state index is 0.194. The molecule has 1 aliphatic rings. The highest BCUT2D eigenvalue weighted by molar-refractivity contribution is 6.01. The molecule has 0 aromatic heterocycles. The van der Waals surface area contributed by atoms with Crippen LogP contribution in [-0.4, -0.2) is 12.2 Å². The molecule has 0 saturated heterocycles. The summed E-state index contributed by atoms with van der Waals surface area (Å²) in [5.74, 6) is 0.194. The fraction of sp³-hybridized carbons (Fsp3) is 0. The Morgan fingerprint density at radius 3 is 3.14 bits per heavy atom. The van der Waals surface area contributed by atoms with Crippen LogP contribution in [0.1, 0.15) is 0 Å². The van der Waals surface area contributed by atoms with Crippen LogP contribution < -0.4 is 10.4 Å². The van der Waals surface area contributed by atoms with Crippen molar-refractivity contribution in [3.05, 3.63) is 0 Å². The van der Waals surface area contributed by atoms with Gasteiger partial charge in [0.25, 0.3) is 0 Å². The summed E-state index contributed by atoms with van der Waals surface area (Å²) in [6.07, 6.45) is 2.20. The van der Waals surface area contributed by atoms with E-state index < -0.39 is 0 Å². The zero-order valence-electron chi connectivity index (χ0n) is 3.34. The van der Waals surface area contributed by atoms with Gasteiger partial charge in [-0.25, -0.2) is 0 Å². The van der Waals surface area contributed by atoms with Crippen molar-refractivity contribution in [2.75, 3.05) is 0 Å². The predicted molar refractivity (Wildman–Crippen MR) is 23.3 cm³/mol. The predicted octanol–water partition coefficient (Wildman–Crippen LogP) is -1.33. The molecule has 0 fully saturated rings. The first-order valence-corrected chi connectivity index (χ1v) is 1.62. The van der Waals surface area contributed by atoms with E-state index in [1.54, 1.807) is 6.07 Å². The first-order valence-electron chi connectivity index (χ1n) is 1.62. The van der Waals surface area contributed by atoms with E-state index in [-0.39, 0.29) is 5.84 Å². The van der Waals surface area contributed by atoms with Gasteiger partial charge in [0.05, 0.1) is 5.10 Å². The molecule has 0 bridgehead atoms. The Balaban J connectivity index is 2.67. The molecule has 4 nitrogen and oxygen atoms in total. The summed E-state index contributed by atoms with van der Waals surface area (Å²) >= 11 is 0. The molecule has 7 heavy (non-hydrogen) atoms. The lowest BCUT2D eigenvalue weighted by Crippen LogP contribution is -2.12. The third kappa shape index (κ3) is 0.550. The molecule has 0 aromatic rings. The second-order valence-corrected chi connectivity index (χ2v) is 0.896. The number of hydrogen-bond acceptors (Lipinski definition) is 4. The van der Waals surface area contributed by atoms with Crippen LogP contribution >= 0.6 is 0 Å². The minimum Gasteiger partial charge on any atom is -0.186 e. The highest BCUT2D eigenvalue weighted by Gasteiger charge is 2.09. The van der Waals surface area contributed by atoms with Crippen molar-refractivity contribution >= 4 is 12.2 Å². The number of nitrogens with one attached hydrogen (secondary N) is 1. The van der Waals surface area contributed by atoms with Crippen molar-refractivity contribution in [1.82, 2.24) is 10.4 Å². The van der Waals surface area contributed by atoms with Crippen LogP contribution in [0.15, 0.2) is 5.10 Å². The second-order valence-electron chi connectivity index (χ2n) is 0.896. The van der Waals surface area contributed by atoms with Gasteiger partial charge in [0.15, 0.2) is 6.07 Å². The van der Waals surface area contributed by atoms with Gasteiger partial charge in [-0.1, -0.05) is 0 Å². The van der Waals surface area contributed by atoms with Crippen LogP contribution in [0.5, 0.6) is 0 Å². The van der Waals surface area contributed by atoms with E-state index in [1.807, 2.05) is 0 Å². The summed E-state index contributed by atoms with van der Waals surface area (Å²) in [6, 6.07) is 1.75. The summed E-state index contributed by atoms with van der Waals surface area (Å²) in [6.45, 7) is 0. The largest absolute Gasteiger partial charge is 0.419 e. The number of aliphatic imine (C=N–C) groups is 1. The molecule has 1 aliphatic heterocycles. The summed E-state index contributed by atoms with van der Waals surface area (Å²) in [5.41, 5.74) is 2.31. The van der Waals surface area contributed by atoms with E-state index in [2.05, 4.69) is 21.9 Å². The number of nitriles is 1. The minimum atomic E-state index is 0.194. The Morgan fingerprint density at radius 2 is 2.86 bits per heavy atom. The lowest BCUT2D eigenvalue weighted by Gasteiger charge is -1.64. The SMILES string of the molecule is N#CC1=[N+][C]=NN1. The molecule has 32 valence electrons. The molecule has 0 spiro atoms. The normalized spacial score (nSPS) is 15.0. The van der Waals surface area contributed by atoms with Crippen LogP contribution in [0.2, 0.25) is 0 Å². The Morgan fingerprint density at radius 1 is 2.00 bits per heavy atom. The molecule has 1 rings (SSSR count). The fourth-order valence-electron chi connectivity index (χ4n) is 0.228. The van der Waals surface area contributed by atoms with Gasteiger partial charge in [-0.2, -0.15) is 5.26 Å². The number of amidine groups is 1. The maximum absolute atomic E-state index is 8.02. The van der Waals surface area contributed by atoms with Crippen molar-refractivity contribution < 1.29 is 0 Å². The Kier molecular flexibility index (Phi) is 0.755. The Hall–Kier alpha value is -1.37. The number of rotatable bonds is 0. The Bertz CT molecular complexity index is 160. The van der Waals surface area contributed by atoms with Crippen molar-refractivity contribution in [2.45, 2.75) is 0 Å². The van der Waals surface area contributed by atoms with Crippen molar-refractivity contribution in [1.29, 1.82) is 5.26 Å². The van der Waals surface area contributed by atoms with E-state index >= 15 is 0 Å². The van der Waals surface area contributed by atoms with Gasteiger partial charge in [0.2, 0.25) is 0 Å². The molecular weight excluding hydrogens is 92.1 g/mol. The fourth-order valence-corrected chi connectivity index (χ4v) is 0.228. The van der Waals surface area contributed by atoms with Gasteiger partial charge >= 0.3 is 12.2 Å².